The average molecular weight is 953 g/mol. The second-order valence-electron chi connectivity index (χ2n) is 19.8. The van der Waals surface area contributed by atoms with Crippen LogP contribution in [-0.4, -0.2) is 97.6 Å². The molecule has 6 atom stereocenters. The van der Waals surface area contributed by atoms with Gasteiger partial charge in [0.25, 0.3) is 0 Å². The Morgan fingerprint density at radius 1 is 0.465 bits per heavy atom. The topological polar surface area (TPSA) is 172 Å². The number of imide groups is 2. The van der Waals surface area contributed by atoms with E-state index in [0.717, 1.165) is 50.1 Å². The van der Waals surface area contributed by atoms with E-state index in [0.29, 0.717) is 11.4 Å². The van der Waals surface area contributed by atoms with Gasteiger partial charge in [-0.15, -0.1) is 0 Å². The molecule has 13 heteroatoms. The van der Waals surface area contributed by atoms with Gasteiger partial charge in [-0.05, 0) is 87.8 Å². The number of ether oxygens (including phenoxy) is 4. The number of carbonyl (C=O) groups excluding carboxylic acids is 4. The summed E-state index contributed by atoms with van der Waals surface area (Å²) in [5.74, 6) is -4.56. The Bertz CT molecular complexity index is 2800. The van der Waals surface area contributed by atoms with E-state index in [-0.39, 0.29) is 87.6 Å². The molecule has 8 aliphatic rings. The van der Waals surface area contributed by atoms with E-state index in [1.165, 1.54) is 21.9 Å². The van der Waals surface area contributed by atoms with Gasteiger partial charge < -0.3 is 34.3 Å². The van der Waals surface area contributed by atoms with Crippen LogP contribution in [-0.2, 0) is 49.0 Å². The molecule has 6 unspecified atom stereocenters. The summed E-state index contributed by atoms with van der Waals surface area (Å²) < 4.78 is 24.1. The van der Waals surface area contributed by atoms with E-state index in [1.807, 2.05) is 128 Å². The normalized spacial score (nSPS) is 27.0. The second kappa shape index (κ2) is 17.5. The molecule has 2 saturated heterocycles. The molecule has 360 valence electrons. The lowest BCUT2D eigenvalue weighted by Crippen LogP contribution is -2.56. The van der Waals surface area contributed by atoms with Crippen molar-refractivity contribution < 1.29 is 53.4 Å². The van der Waals surface area contributed by atoms with Crippen LogP contribution < -0.4 is 9.80 Å². The van der Waals surface area contributed by atoms with Crippen molar-refractivity contribution in [3.63, 3.8) is 0 Å². The van der Waals surface area contributed by atoms with Crippen LogP contribution in [0.1, 0.15) is 61.9 Å². The Balaban J connectivity index is 0.689. The fourth-order valence-electron chi connectivity index (χ4n) is 13.4. The van der Waals surface area contributed by atoms with Crippen LogP contribution in [0.4, 0.5) is 11.4 Å². The fraction of sp³-hybridized carbons (Fsp3) is 0.310. The van der Waals surface area contributed by atoms with Crippen LogP contribution in [0.25, 0.3) is 0 Å². The number of nitrogens with zero attached hydrogens (tertiary/aromatic N) is 2. The van der Waals surface area contributed by atoms with E-state index in [4.69, 9.17) is 18.9 Å². The maximum atomic E-state index is 14.7. The van der Waals surface area contributed by atoms with Gasteiger partial charge in [-0.1, -0.05) is 115 Å². The van der Waals surface area contributed by atoms with Crippen LogP contribution in [0.3, 0.4) is 0 Å². The molecule has 2 fully saturated rings. The molecular formula is C58H52N2O11. The van der Waals surface area contributed by atoms with E-state index in [1.54, 1.807) is 12.1 Å². The lowest BCUT2D eigenvalue weighted by atomic mass is 9.47. The molecule has 0 spiro atoms. The number of amides is 4. The van der Waals surface area contributed by atoms with E-state index in [2.05, 4.69) is 0 Å². The van der Waals surface area contributed by atoms with Crippen molar-refractivity contribution in [3.05, 3.63) is 196 Å². The summed E-state index contributed by atoms with van der Waals surface area (Å²) in [4.78, 5) is 60.8. The summed E-state index contributed by atoms with van der Waals surface area (Å²) in [6.07, 6.45) is -2.14. The number of aryl methyl sites for hydroxylation is 1. The molecule has 2 aliphatic heterocycles. The van der Waals surface area contributed by atoms with Crippen LogP contribution in [0, 0.1) is 30.6 Å². The number of hydrogen-bond donors (Lipinski definition) is 3. The van der Waals surface area contributed by atoms with Gasteiger partial charge >= 0.3 is 0 Å². The third-order valence-corrected chi connectivity index (χ3v) is 16.1. The first kappa shape index (κ1) is 45.3. The maximum absolute atomic E-state index is 14.7. The number of phenolic OH excluding ortho intramolecular Hbond substituents is 1. The summed E-state index contributed by atoms with van der Waals surface area (Å²) in [6.45, 7) is 1.22. The zero-order chi connectivity index (χ0) is 48.8. The Labute approximate surface area is 410 Å². The lowest BCUT2D eigenvalue weighted by molar-refractivity contribution is -0.128. The molecule has 4 amide bonds. The lowest BCUT2D eigenvalue weighted by Gasteiger charge is -2.54. The van der Waals surface area contributed by atoms with Crippen molar-refractivity contribution >= 4 is 35.0 Å². The van der Waals surface area contributed by atoms with Crippen molar-refractivity contribution in [1.82, 2.24) is 0 Å². The Hall–Kier alpha value is -6.84. The average Bonchev–Trinajstić information content (AvgIpc) is 3.82. The largest absolute Gasteiger partial charge is 0.508 e. The molecule has 4 bridgehead atoms. The Morgan fingerprint density at radius 2 is 0.803 bits per heavy atom. The molecule has 6 aromatic rings. The third kappa shape index (κ3) is 6.74. The van der Waals surface area contributed by atoms with E-state index >= 15 is 0 Å². The standard InChI is InChI=1S/C58H52N2O11/c1-33-18-20-34(21-19-33)59-53(64)49-47-39-10-2-6-14-43(39)57(51(49)55(59)66,44-15-7-3-11-40(44)47)30-68-26-37(62)28-70-32-71-29-38(63)27-69-31-58-45-16-8-4-12-41(45)48(42-13-5-9-17-46(42)58)50-52(58)56(67)60(54(50)65)35-22-24-36(61)25-23-35/h2-25,37-38,47-52,61-63H,26-32H2,1H3. The molecule has 71 heavy (non-hydrogen) atoms. The van der Waals surface area contributed by atoms with Crippen LogP contribution in [0.2, 0.25) is 0 Å². The van der Waals surface area contributed by atoms with Crippen LogP contribution in [0.15, 0.2) is 146 Å². The van der Waals surface area contributed by atoms with Crippen molar-refractivity contribution in [1.29, 1.82) is 0 Å². The smallest absolute Gasteiger partial charge is 0.239 e. The molecule has 13 nitrogen and oxygen atoms in total. The number of aliphatic hydroxyl groups excluding tert-OH is 2. The monoisotopic (exact) mass is 952 g/mol. The molecule has 0 radical (unpaired) electrons. The highest BCUT2D eigenvalue weighted by Crippen LogP contribution is 2.66. The maximum Gasteiger partial charge on any atom is 0.239 e. The number of rotatable bonds is 16. The first-order valence-corrected chi connectivity index (χ1v) is 24.2. The molecule has 2 heterocycles. The highest BCUT2D eigenvalue weighted by molar-refractivity contribution is 6.24. The molecule has 6 aromatic carbocycles. The number of phenols is 1. The van der Waals surface area contributed by atoms with Gasteiger partial charge in [-0.2, -0.15) is 0 Å². The van der Waals surface area contributed by atoms with Crippen molar-refractivity contribution in [2.75, 3.05) is 56.2 Å². The minimum Gasteiger partial charge on any atom is -0.508 e. The quantitative estimate of drug-likeness (QED) is 0.0569. The highest BCUT2D eigenvalue weighted by atomic mass is 16.7. The highest BCUT2D eigenvalue weighted by Gasteiger charge is 2.70. The molecular weight excluding hydrogens is 901 g/mol. The van der Waals surface area contributed by atoms with Gasteiger partial charge in [0.1, 0.15) is 24.8 Å². The predicted octanol–water partition coefficient (Wildman–Crippen LogP) is 6.25. The van der Waals surface area contributed by atoms with Gasteiger partial charge in [0.15, 0.2) is 0 Å². The minimum absolute atomic E-state index is 0.00696. The number of carbonyl (C=O) groups is 4. The summed E-state index contributed by atoms with van der Waals surface area (Å²) in [7, 11) is 0. The first-order valence-electron chi connectivity index (χ1n) is 24.2. The minimum atomic E-state index is -1.08. The van der Waals surface area contributed by atoms with Crippen molar-refractivity contribution in [2.24, 2.45) is 23.7 Å². The van der Waals surface area contributed by atoms with Gasteiger partial charge in [0.2, 0.25) is 23.6 Å². The summed E-state index contributed by atoms with van der Waals surface area (Å²) in [6, 6.07) is 45.2. The van der Waals surface area contributed by atoms with Gasteiger partial charge in [-0.3, -0.25) is 19.2 Å². The third-order valence-electron chi connectivity index (χ3n) is 16.1. The molecule has 0 aromatic heterocycles. The Kier molecular flexibility index (Phi) is 11.2. The van der Waals surface area contributed by atoms with Crippen molar-refractivity contribution in [3.8, 4) is 5.75 Å². The zero-order valence-electron chi connectivity index (χ0n) is 38.9. The summed E-state index contributed by atoms with van der Waals surface area (Å²) in [5, 5.41) is 32.2. The fourth-order valence-corrected chi connectivity index (χ4v) is 13.4. The number of aromatic hydroxyl groups is 1. The summed E-state index contributed by atoms with van der Waals surface area (Å²) >= 11 is 0. The van der Waals surface area contributed by atoms with Crippen LogP contribution in [0.5, 0.6) is 5.75 Å². The Morgan fingerprint density at radius 3 is 1.18 bits per heavy atom. The first-order chi connectivity index (χ1) is 34.6. The van der Waals surface area contributed by atoms with Gasteiger partial charge in [-0.25, -0.2) is 9.80 Å². The summed E-state index contributed by atoms with van der Waals surface area (Å²) in [5.41, 5.74) is 7.57. The number of anilines is 2. The van der Waals surface area contributed by atoms with E-state index < -0.39 is 46.7 Å². The number of benzene rings is 6. The second-order valence-corrected chi connectivity index (χ2v) is 19.8. The van der Waals surface area contributed by atoms with Crippen LogP contribution >= 0.6 is 0 Å². The molecule has 3 N–H and O–H groups in total. The molecule has 6 aliphatic carbocycles. The molecule has 0 saturated carbocycles. The zero-order valence-corrected chi connectivity index (χ0v) is 38.9. The number of aliphatic hydroxyl groups is 2. The predicted molar refractivity (Wildman–Crippen MR) is 260 cm³/mol. The van der Waals surface area contributed by atoms with Gasteiger partial charge in [0, 0.05) is 11.8 Å². The van der Waals surface area contributed by atoms with Gasteiger partial charge in [0.05, 0.1) is 85.5 Å². The van der Waals surface area contributed by atoms with E-state index in [9.17, 15) is 34.5 Å². The SMILES string of the molecule is Cc1ccc(N2C(=O)C3C4c5ccccc5C(COCC(O)COCOCC(O)COCC56c7ccccc7C(c7ccccc75)C5C(=O)N(c7ccc(O)cc7)C(=O)C56)(c5ccccc54)C3C2=O)cc1. The van der Waals surface area contributed by atoms with Crippen molar-refractivity contribution in [2.45, 2.75) is 41.8 Å². The molecule has 14 rings (SSSR count). The number of hydrogen-bond acceptors (Lipinski definition) is 11.